The van der Waals surface area contributed by atoms with Gasteiger partial charge in [0.25, 0.3) is 0 Å². The number of hydrogen-bond acceptors (Lipinski definition) is 6. The van der Waals surface area contributed by atoms with E-state index in [1.165, 1.54) is 103 Å². The molecule has 0 aliphatic heterocycles. The fourth-order valence-electron chi connectivity index (χ4n) is 6.86. The predicted molar refractivity (Wildman–Crippen MR) is 247 cm³/mol. The first-order valence-corrected chi connectivity index (χ1v) is 24.6. The van der Waals surface area contributed by atoms with Crippen molar-refractivity contribution in [1.29, 1.82) is 0 Å². The van der Waals surface area contributed by atoms with Gasteiger partial charge in [0.15, 0.2) is 6.10 Å². The van der Waals surface area contributed by atoms with Crippen LogP contribution < -0.4 is 0 Å². The zero-order valence-electron chi connectivity index (χ0n) is 38.3. The van der Waals surface area contributed by atoms with Crippen molar-refractivity contribution >= 4 is 17.9 Å². The maximum absolute atomic E-state index is 12.7. The lowest BCUT2D eigenvalue weighted by Gasteiger charge is -2.18. The molecule has 0 saturated carbocycles. The van der Waals surface area contributed by atoms with Crippen LogP contribution in [0.1, 0.15) is 245 Å². The summed E-state index contributed by atoms with van der Waals surface area (Å²) in [5, 5.41) is 0. The zero-order valence-corrected chi connectivity index (χ0v) is 38.3. The molecule has 336 valence electrons. The molecule has 0 fully saturated rings. The second-order valence-electron chi connectivity index (χ2n) is 16.3. The molecule has 6 heteroatoms. The molecule has 0 saturated heterocycles. The summed E-state index contributed by atoms with van der Waals surface area (Å²) in [5.41, 5.74) is 0. The van der Waals surface area contributed by atoms with E-state index < -0.39 is 6.10 Å². The lowest BCUT2D eigenvalue weighted by molar-refractivity contribution is -0.167. The Hall–Kier alpha value is -2.63. The molecular formula is C52H92O6. The van der Waals surface area contributed by atoms with E-state index >= 15 is 0 Å². The summed E-state index contributed by atoms with van der Waals surface area (Å²) < 4.78 is 16.7. The molecule has 0 bridgehead atoms. The Morgan fingerprint density at radius 3 is 1.09 bits per heavy atom. The fraction of sp³-hybridized carbons (Fsp3) is 0.788. The SMILES string of the molecule is CC/C=C\C/C=C\C/C=C\CCCCCCCC(=O)OC[C@H](COC(=O)CCCCCCC/C=C\CCCCCC)OC(=O)CCCCCCCCCCCCCC. The first-order chi connectivity index (χ1) is 28.5. The number of hydrogen-bond donors (Lipinski definition) is 0. The molecule has 0 aliphatic carbocycles. The zero-order chi connectivity index (χ0) is 42.3. The molecule has 0 unspecified atom stereocenters. The summed E-state index contributed by atoms with van der Waals surface area (Å²) in [4.78, 5) is 37.9. The minimum Gasteiger partial charge on any atom is -0.462 e. The Morgan fingerprint density at radius 2 is 0.672 bits per heavy atom. The van der Waals surface area contributed by atoms with Crippen molar-refractivity contribution in [3.63, 3.8) is 0 Å². The molecule has 0 amide bonds. The molecule has 0 rings (SSSR count). The third-order valence-corrected chi connectivity index (χ3v) is 10.6. The summed E-state index contributed by atoms with van der Waals surface area (Å²) in [6.45, 7) is 6.49. The lowest BCUT2D eigenvalue weighted by atomic mass is 10.0. The number of unbranched alkanes of at least 4 members (excludes halogenated alkanes) is 25. The quantitative estimate of drug-likeness (QED) is 0.0264. The molecule has 1 atom stereocenters. The summed E-state index contributed by atoms with van der Waals surface area (Å²) in [6, 6.07) is 0. The number of carbonyl (C=O) groups excluding carboxylic acids is 3. The van der Waals surface area contributed by atoms with Crippen LogP contribution in [-0.2, 0) is 28.6 Å². The van der Waals surface area contributed by atoms with E-state index in [4.69, 9.17) is 14.2 Å². The van der Waals surface area contributed by atoms with Crippen molar-refractivity contribution in [3.05, 3.63) is 48.6 Å². The summed E-state index contributed by atoms with van der Waals surface area (Å²) in [5.74, 6) is -0.902. The van der Waals surface area contributed by atoms with Crippen LogP contribution in [0, 0.1) is 0 Å². The normalized spacial score (nSPS) is 12.4. The van der Waals surface area contributed by atoms with E-state index in [9.17, 15) is 14.4 Å². The number of esters is 3. The minimum atomic E-state index is -0.779. The van der Waals surface area contributed by atoms with E-state index in [2.05, 4.69) is 69.4 Å². The molecule has 0 heterocycles. The van der Waals surface area contributed by atoms with Gasteiger partial charge in [-0.3, -0.25) is 14.4 Å². The van der Waals surface area contributed by atoms with Gasteiger partial charge in [-0.25, -0.2) is 0 Å². The third kappa shape index (κ3) is 44.5. The van der Waals surface area contributed by atoms with Gasteiger partial charge in [0.1, 0.15) is 13.2 Å². The largest absolute Gasteiger partial charge is 0.462 e. The second-order valence-corrected chi connectivity index (χ2v) is 16.3. The molecule has 0 aromatic carbocycles. The lowest BCUT2D eigenvalue weighted by Crippen LogP contribution is -2.30. The summed E-state index contributed by atoms with van der Waals surface area (Å²) in [7, 11) is 0. The van der Waals surface area contributed by atoms with Crippen molar-refractivity contribution in [2.75, 3.05) is 13.2 Å². The Kier molecular flexibility index (Phi) is 44.9. The Balaban J connectivity index is 4.40. The van der Waals surface area contributed by atoms with Gasteiger partial charge in [-0.05, 0) is 77.0 Å². The molecule has 6 nitrogen and oxygen atoms in total. The maximum Gasteiger partial charge on any atom is 0.306 e. The van der Waals surface area contributed by atoms with Crippen LogP contribution in [0.5, 0.6) is 0 Å². The first kappa shape index (κ1) is 55.4. The molecule has 0 radical (unpaired) electrons. The molecule has 0 aromatic heterocycles. The van der Waals surface area contributed by atoms with Crippen molar-refractivity contribution in [2.45, 2.75) is 252 Å². The Labute approximate surface area is 358 Å². The van der Waals surface area contributed by atoms with Crippen LogP contribution in [0.15, 0.2) is 48.6 Å². The number of allylic oxidation sites excluding steroid dienone is 8. The molecule has 0 aliphatic rings. The average Bonchev–Trinajstić information content (AvgIpc) is 3.22. The predicted octanol–water partition coefficient (Wildman–Crippen LogP) is 15.9. The molecular weight excluding hydrogens is 721 g/mol. The highest BCUT2D eigenvalue weighted by Gasteiger charge is 2.19. The van der Waals surface area contributed by atoms with Crippen LogP contribution in [0.2, 0.25) is 0 Å². The first-order valence-electron chi connectivity index (χ1n) is 24.6. The van der Waals surface area contributed by atoms with Crippen LogP contribution in [0.4, 0.5) is 0 Å². The maximum atomic E-state index is 12.7. The van der Waals surface area contributed by atoms with Crippen molar-refractivity contribution in [3.8, 4) is 0 Å². The highest BCUT2D eigenvalue weighted by atomic mass is 16.6. The number of carbonyl (C=O) groups is 3. The van der Waals surface area contributed by atoms with Gasteiger partial charge in [0.05, 0.1) is 0 Å². The molecule has 0 aromatic rings. The summed E-state index contributed by atoms with van der Waals surface area (Å²) >= 11 is 0. The second kappa shape index (κ2) is 47.1. The highest BCUT2D eigenvalue weighted by Crippen LogP contribution is 2.15. The minimum absolute atomic E-state index is 0.0812. The molecule has 58 heavy (non-hydrogen) atoms. The van der Waals surface area contributed by atoms with Crippen LogP contribution in [0.25, 0.3) is 0 Å². The van der Waals surface area contributed by atoms with E-state index in [1.54, 1.807) is 0 Å². The van der Waals surface area contributed by atoms with Gasteiger partial charge in [0.2, 0.25) is 0 Å². The van der Waals surface area contributed by atoms with Gasteiger partial charge >= 0.3 is 17.9 Å². The van der Waals surface area contributed by atoms with Crippen LogP contribution in [-0.4, -0.2) is 37.2 Å². The highest BCUT2D eigenvalue weighted by molar-refractivity contribution is 5.71. The van der Waals surface area contributed by atoms with E-state index in [1.807, 2.05) is 0 Å². The third-order valence-electron chi connectivity index (χ3n) is 10.6. The van der Waals surface area contributed by atoms with Gasteiger partial charge in [-0.1, -0.05) is 198 Å². The topological polar surface area (TPSA) is 78.9 Å². The van der Waals surface area contributed by atoms with Gasteiger partial charge < -0.3 is 14.2 Å². The average molecular weight is 813 g/mol. The number of rotatable bonds is 44. The Bertz CT molecular complexity index is 1030. The number of ether oxygens (including phenoxy) is 3. The van der Waals surface area contributed by atoms with Crippen LogP contribution >= 0.6 is 0 Å². The van der Waals surface area contributed by atoms with Crippen molar-refractivity contribution in [2.24, 2.45) is 0 Å². The van der Waals surface area contributed by atoms with E-state index in [0.717, 1.165) is 103 Å². The van der Waals surface area contributed by atoms with Crippen molar-refractivity contribution < 1.29 is 28.6 Å². The van der Waals surface area contributed by atoms with Gasteiger partial charge in [-0.2, -0.15) is 0 Å². The summed E-state index contributed by atoms with van der Waals surface area (Å²) in [6.07, 6.45) is 55.1. The fourth-order valence-corrected chi connectivity index (χ4v) is 6.86. The monoisotopic (exact) mass is 813 g/mol. The van der Waals surface area contributed by atoms with Crippen molar-refractivity contribution in [1.82, 2.24) is 0 Å². The molecule has 0 spiro atoms. The van der Waals surface area contributed by atoms with E-state index in [-0.39, 0.29) is 31.1 Å². The van der Waals surface area contributed by atoms with E-state index in [0.29, 0.717) is 19.3 Å². The molecule has 0 N–H and O–H groups in total. The smallest absolute Gasteiger partial charge is 0.306 e. The Morgan fingerprint density at radius 1 is 0.362 bits per heavy atom. The van der Waals surface area contributed by atoms with Crippen LogP contribution in [0.3, 0.4) is 0 Å². The van der Waals surface area contributed by atoms with Gasteiger partial charge in [-0.15, -0.1) is 0 Å². The standard InChI is InChI=1S/C52H92O6/c1-4-7-10-13-16-19-22-25-26-28-31-33-36-39-42-45-51(54)57-48-49(58-52(55)46-43-40-37-34-29-24-21-18-15-12-9-6-3)47-56-50(53)44-41-38-35-32-30-27-23-20-17-14-11-8-5-2/h7,10,16,19-20,23,25-26,49H,4-6,8-9,11-15,17-18,21-22,24,27-48H2,1-3H3/b10-7-,19-16-,23-20-,26-25-/t49-/m0/s1. The van der Waals surface area contributed by atoms with Gasteiger partial charge in [0, 0.05) is 19.3 Å².